The minimum Gasteiger partial charge on any atom is -0.399 e. The monoisotopic (exact) mass is 425 g/mol. The minimum atomic E-state index is -1.63. The van der Waals surface area contributed by atoms with Crippen LogP contribution in [0.4, 0.5) is 0 Å². The van der Waals surface area contributed by atoms with Crippen LogP contribution in [0.1, 0.15) is 17.0 Å². The van der Waals surface area contributed by atoms with Gasteiger partial charge in [-0.3, -0.25) is 4.90 Å². The average molecular weight is 426 g/mol. The summed E-state index contributed by atoms with van der Waals surface area (Å²) in [4.78, 5) is 2.27. The van der Waals surface area contributed by atoms with Crippen molar-refractivity contribution in [3.8, 4) is 18.2 Å². The maximum absolute atomic E-state index is 10.1. The second-order valence-corrected chi connectivity index (χ2v) is 8.34. The summed E-state index contributed by atoms with van der Waals surface area (Å²) in [5.74, 6) is -0.735. The summed E-state index contributed by atoms with van der Waals surface area (Å²) in [6.07, 6.45) is 2.02. The summed E-state index contributed by atoms with van der Waals surface area (Å²) in [6.45, 7) is 2.01. The fourth-order valence-corrected chi connectivity index (χ4v) is 4.88. The van der Waals surface area contributed by atoms with E-state index in [1.807, 2.05) is 36.4 Å². The smallest absolute Gasteiger partial charge is 0.191 e. The van der Waals surface area contributed by atoms with E-state index in [9.17, 15) is 15.8 Å². The topological polar surface area (TPSA) is 101 Å². The predicted octanol–water partition coefficient (Wildman–Crippen LogP) is 4.27. The van der Waals surface area contributed by atoms with Crippen LogP contribution >= 0.6 is 11.6 Å². The van der Waals surface area contributed by atoms with Crippen LogP contribution in [0, 0.1) is 45.3 Å². The van der Waals surface area contributed by atoms with Crippen LogP contribution in [0.25, 0.3) is 0 Å². The Labute approximate surface area is 186 Å². The molecule has 2 aromatic rings. The molecular weight excluding hydrogens is 406 g/mol. The summed E-state index contributed by atoms with van der Waals surface area (Å²) in [5.41, 5.74) is 7.83. The first-order chi connectivity index (χ1) is 15.0. The molecule has 2 aromatic carbocycles. The standard InChI is InChI=1S/C25H20ClN5/c26-19-8-6-18(7-9-19)23-22-14-31(13-17-4-2-1-3-5-17)11-10-20(22)21(12-27)24(30)25(23,15-28)16-29/h1-10,22-23H,11,13-14,30H2/t22-,23+/m1/s1. The Morgan fingerprint density at radius 3 is 2.32 bits per heavy atom. The number of hydrogen-bond acceptors (Lipinski definition) is 5. The van der Waals surface area contributed by atoms with Gasteiger partial charge in [-0.2, -0.15) is 15.8 Å². The molecule has 1 aliphatic carbocycles. The molecule has 1 aliphatic heterocycles. The zero-order chi connectivity index (χ0) is 22.0. The second kappa shape index (κ2) is 8.29. The zero-order valence-electron chi connectivity index (χ0n) is 16.8. The second-order valence-electron chi connectivity index (χ2n) is 7.91. The Bertz CT molecular complexity index is 1160. The SMILES string of the molecule is N#CC1=C(N)C(C#N)(C#N)[C@@H](c2ccc(Cl)cc2)[C@@H]2CN(Cc3ccccc3)CC=C12. The third kappa shape index (κ3) is 3.47. The Balaban J connectivity index is 1.84. The van der Waals surface area contributed by atoms with Crippen molar-refractivity contribution in [2.75, 3.05) is 13.1 Å². The summed E-state index contributed by atoms with van der Waals surface area (Å²) in [6, 6.07) is 23.8. The summed E-state index contributed by atoms with van der Waals surface area (Å²) >= 11 is 6.09. The highest BCUT2D eigenvalue weighted by molar-refractivity contribution is 6.30. The first kappa shape index (κ1) is 20.7. The lowest BCUT2D eigenvalue weighted by Gasteiger charge is -2.45. The van der Waals surface area contributed by atoms with Crippen molar-refractivity contribution in [3.63, 3.8) is 0 Å². The van der Waals surface area contributed by atoms with E-state index in [1.165, 1.54) is 5.56 Å². The quantitative estimate of drug-likeness (QED) is 0.791. The van der Waals surface area contributed by atoms with E-state index in [-0.39, 0.29) is 17.2 Å². The van der Waals surface area contributed by atoms with Crippen molar-refractivity contribution in [1.29, 1.82) is 15.8 Å². The molecule has 152 valence electrons. The van der Waals surface area contributed by atoms with Crippen molar-refractivity contribution < 1.29 is 0 Å². The van der Waals surface area contributed by atoms with Gasteiger partial charge in [0.25, 0.3) is 0 Å². The van der Waals surface area contributed by atoms with Crippen LogP contribution in [0.5, 0.6) is 0 Å². The largest absolute Gasteiger partial charge is 0.399 e. The van der Waals surface area contributed by atoms with Crippen molar-refractivity contribution in [1.82, 2.24) is 4.90 Å². The molecule has 0 aromatic heterocycles. The molecule has 2 aliphatic rings. The molecule has 31 heavy (non-hydrogen) atoms. The highest BCUT2D eigenvalue weighted by Gasteiger charge is 2.54. The number of nitriles is 3. The maximum atomic E-state index is 10.1. The molecule has 0 bridgehead atoms. The zero-order valence-corrected chi connectivity index (χ0v) is 17.5. The Kier molecular flexibility index (Phi) is 5.53. The van der Waals surface area contributed by atoms with Crippen LogP contribution in [-0.2, 0) is 6.54 Å². The molecule has 0 spiro atoms. The fraction of sp³-hybridized carbons (Fsp3) is 0.240. The van der Waals surface area contributed by atoms with Crippen LogP contribution in [0.2, 0.25) is 5.02 Å². The molecule has 0 saturated carbocycles. The van der Waals surface area contributed by atoms with Crippen molar-refractivity contribution in [3.05, 3.63) is 93.7 Å². The third-order valence-electron chi connectivity index (χ3n) is 6.22. The fourth-order valence-electron chi connectivity index (χ4n) is 4.76. The van der Waals surface area contributed by atoms with E-state index >= 15 is 0 Å². The number of fused-ring (bicyclic) bond motifs is 1. The molecule has 2 N–H and O–H groups in total. The first-order valence-electron chi connectivity index (χ1n) is 9.99. The molecule has 1 heterocycles. The lowest BCUT2D eigenvalue weighted by Crippen LogP contribution is -2.47. The lowest BCUT2D eigenvalue weighted by atomic mass is 9.58. The molecule has 0 radical (unpaired) electrons. The highest BCUT2D eigenvalue weighted by atomic mass is 35.5. The molecule has 0 unspecified atom stereocenters. The molecule has 6 heteroatoms. The number of halogens is 1. The summed E-state index contributed by atoms with van der Waals surface area (Å²) in [5, 5.41) is 30.7. The summed E-state index contributed by atoms with van der Waals surface area (Å²) in [7, 11) is 0. The van der Waals surface area contributed by atoms with E-state index in [1.54, 1.807) is 12.1 Å². The van der Waals surface area contributed by atoms with E-state index in [0.717, 1.165) is 17.7 Å². The van der Waals surface area contributed by atoms with Crippen LogP contribution in [-0.4, -0.2) is 18.0 Å². The molecule has 0 fully saturated rings. The van der Waals surface area contributed by atoms with Crippen LogP contribution < -0.4 is 5.73 Å². The number of benzene rings is 2. The van der Waals surface area contributed by atoms with Crippen molar-refractivity contribution in [2.45, 2.75) is 12.5 Å². The van der Waals surface area contributed by atoms with E-state index in [4.69, 9.17) is 17.3 Å². The number of hydrogen-bond donors (Lipinski definition) is 1. The first-order valence-corrected chi connectivity index (χ1v) is 10.4. The van der Waals surface area contributed by atoms with Gasteiger partial charge in [-0.25, -0.2) is 0 Å². The Morgan fingerprint density at radius 2 is 1.71 bits per heavy atom. The van der Waals surface area contributed by atoms with E-state index in [0.29, 0.717) is 18.1 Å². The van der Waals surface area contributed by atoms with Crippen molar-refractivity contribution >= 4 is 11.6 Å². The van der Waals surface area contributed by atoms with Gasteiger partial charge in [0.15, 0.2) is 5.41 Å². The number of allylic oxidation sites excluding steroid dienone is 2. The van der Waals surface area contributed by atoms with Gasteiger partial charge in [0, 0.05) is 36.5 Å². The molecule has 2 atom stereocenters. The number of nitrogens with zero attached hydrogens (tertiary/aromatic N) is 4. The average Bonchev–Trinajstić information content (AvgIpc) is 2.80. The van der Waals surface area contributed by atoms with E-state index in [2.05, 4.69) is 35.2 Å². The normalized spacial score (nSPS) is 22.5. The maximum Gasteiger partial charge on any atom is 0.191 e. The van der Waals surface area contributed by atoms with Crippen LogP contribution in [0.15, 0.2) is 77.5 Å². The van der Waals surface area contributed by atoms with Gasteiger partial charge in [0.1, 0.15) is 6.07 Å². The number of rotatable bonds is 3. The van der Waals surface area contributed by atoms with Gasteiger partial charge < -0.3 is 5.73 Å². The predicted molar refractivity (Wildman–Crippen MR) is 118 cm³/mol. The summed E-state index contributed by atoms with van der Waals surface area (Å²) < 4.78 is 0. The van der Waals surface area contributed by atoms with Gasteiger partial charge in [0.05, 0.1) is 23.4 Å². The Morgan fingerprint density at radius 1 is 1.03 bits per heavy atom. The molecule has 0 amide bonds. The van der Waals surface area contributed by atoms with Crippen molar-refractivity contribution in [2.24, 2.45) is 17.1 Å². The minimum absolute atomic E-state index is 0.0407. The van der Waals surface area contributed by atoms with Gasteiger partial charge in [0.2, 0.25) is 0 Å². The molecular formula is C25H20ClN5. The lowest BCUT2D eigenvalue weighted by molar-refractivity contribution is 0.201. The number of nitrogens with two attached hydrogens (primary N) is 1. The van der Waals surface area contributed by atoms with Gasteiger partial charge >= 0.3 is 0 Å². The van der Waals surface area contributed by atoms with Gasteiger partial charge in [-0.15, -0.1) is 0 Å². The molecule has 5 nitrogen and oxygen atoms in total. The Hall–Kier alpha value is -3.56. The molecule has 0 saturated heterocycles. The van der Waals surface area contributed by atoms with E-state index < -0.39 is 11.3 Å². The molecule has 4 rings (SSSR count). The third-order valence-corrected chi connectivity index (χ3v) is 6.47. The van der Waals surface area contributed by atoms with Crippen LogP contribution in [0.3, 0.4) is 0 Å². The highest BCUT2D eigenvalue weighted by Crippen LogP contribution is 2.54. The van der Waals surface area contributed by atoms with Gasteiger partial charge in [-0.1, -0.05) is 60.1 Å². The van der Waals surface area contributed by atoms with Gasteiger partial charge in [-0.05, 0) is 28.8 Å².